The van der Waals surface area contributed by atoms with E-state index < -0.39 is 38.4 Å². The van der Waals surface area contributed by atoms with Gasteiger partial charge in [0, 0.05) is 78.7 Å². The second-order valence-electron chi connectivity index (χ2n) is 17.3. The van der Waals surface area contributed by atoms with Crippen LogP contribution in [0.1, 0.15) is 61.9 Å². The van der Waals surface area contributed by atoms with Gasteiger partial charge in [0.1, 0.15) is 18.5 Å². The van der Waals surface area contributed by atoms with E-state index >= 15 is 0 Å². The molecule has 0 saturated carbocycles. The van der Waals surface area contributed by atoms with Crippen molar-refractivity contribution in [1.29, 1.82) is 0 Å². The van der Waals surface area contributed by atoms with E-state index in [2.05, 4.69) is 51.6 Å². The standard InChI is InChI=1S/C46H53ClF3N7O6S/c1-45(2)19-15-31(38(27-45)30-7-9-32(47)10-8-30)28-51-21-22-52-34-11-13-37(43(25-34)63-42-6-4-5-39-36(42)16-20-53-39)44(58)55-64(61,62)35-12-14-40(41(26-35)57(3,59)60)54-33-17-23-56(24-18-33)29-46(48,49)50/h4-14,16,20,25-26,33,51-54,59H,15,17-19,21-24,27-29H2,1-3H3,(H,55,58). The lowest BCUT2D eigenvalue weighted by molar-refractivity contribution is -0.147. The molecule has 1 fully saturated rings. The van der Waals surface area contributed by atoms with Gasteiger partial charge in [0.15, 0.2) is 5.69 Å². The highest BCUT2D eigenvalue weighted by molar-refractivity contribution is 7.90. The number of ether oxygens (including phenoxy) is 1. The average molecular weight is 924 g/mol. The Kier molecular flexibility index (Phi) is 14.0. The second-order valence-corrected chi connectivity index (χ2v) is 19.5. The van der Waals surface area contributed by atoms with Crippen molar-refractivity contribution in [3.63, 3.8) is 0 Å². The van der Waals surface area contributed by atoms with Crippen molar-refractivity contribution in [2.45, 2.75) is 63.1 Å². The molecule has 13 nitrogen and oxygen atoms in total. The zero-order chi connectivity index (χ0) is 45.9. The normalized spacial score (nSPS) is 17.3. The van der Waals surface area contributed by atoms with Gasteiger partial charge in [-0.3, -0.25) is 9.69 Å². The molecule has 1 aliphatic carbocycles. The van der Waals surface area contributed by atoms with Crippen molar-refractivity contribution in [3.8, 4) is 11.5 Å². The zero-order valence-electron chi connectivity index (χ0n) is 35.8. The monoisotopic (exact) mass is 923 g/mol. The van der Waals surface area contributed by atoms with Crippen LogP contribution >= 0.6 is 11.6 Å². The number of carbonyl (C=O) groups is 1. The summed E-state index contributed by atoms with van der Waals surface area (Å²) < 4.78 is 74.7. The minimum atomic E-state index is -4.65. The Labute approximate surface area is 375 Å². The average Bonchev–Trinajstić information content (AvgIpc) is 3.71. The minimum Gasteiger partial charge on any atom is -0.593 e. The first kappa shape index (κ1) is 46.8. The fourth-order valence-electron chi connectivity index (χ4n) is 8.28. The molecule has 0 spiro atoms. The van der Waals surface area contributed by atoms with Crippen LogP contribution in [0.2, 0.25) is 5.02 Å². The highest BCUT2D eigenvalue weighted by Crippen LogP contribution is 2.43. The van der Waals surface area contributed by atoms with E-state index in [0.29, 0.717) is 42.4 Å². The molecule has 6 N–H and O–H groups in total. The molecule has 18 heteroatoms. The van der Waals surface area contributed by atoms with Crippen molar-refractivity contribution < 1.29 is 36.3 Å². The van der Waals surface area contributed by atoms with E-state index in [0.717, 1.165) is 49.8 Å². The van der Waals surface area contributed by atoms with Gasteiger partial charge in [-0.05, 0) is 103 Å². The third-order valence-electron chi connectivity index (χ3n) is 11.7. The van der Waals surface area contributed by atoms with Crippen LogP contribution in [0.5, 0.6) is 11.5 Å². The fraction of sp³-hybridized carbons (Fsp3) is 0.370. The number of amides is 1. The fourth-order valence-corrected chi connectivity index (χ4v) is 9.39. The summed E-state index contributed by atoms with van der Waals surface area (Å²) in [6.07, 6.45) is 1.10. The summed E-state index contributed by atoms with van der Waals surface area (Å²) in [6, 6.07) is 23.0. The molecule has 64 heavy (non-hydrogen) atoms. The summed E-state index contributed by atoms with van der Waals surface area (Å²) in [7, 11) is -3.76. The molecule has 342 valence electrons. The molecule has 2 heterocycles. The number of rotatable bonds is 16. The number of H-pyrrole nitrogens is 1. The number of hydrogen-bond donors (Lipinski definition) is 6. The number of anilines is 2. The van der Waals surface area contributed by atoms with Crippen molar-refractivity contribution in [3.05, 3.63) is 118 Å². The first-order valence-electron chi connectivity index (χ1n) is 21.1. The van der Waals surface area contributed by atoms with Gasteiger partial charge in [-0.1, -0.05) is 49.2 Å². The number of aromatic amines is 1. The molecule has 2 aliphatic rings. The summed E-state index contributed by atoms with van der Waals surface area (Å²) in [5, 5.41) is 34.9. The van der Waals surface area contributed by atoms with E-state index in [1.165, 1.54) is 39.8 Å². The number of piperidine rings is 1. The summed E-state index contributed by atoms with van der Waals surface area (Å²) in [5.41, 5.74) is 5.12. The molecule has 0 radical (unpaired) electrons. The Morgan fingerprint density at radius 2 is 1.77 bits per heavy atom. The third kappa shape index (κ3) is 11.9. The van der Waals surface area contributed by atoms with Gasteiger partial charge in [-0.25, -0.2) is 18.3 Å². The lowest BCUT2D eigenvalue weighted by Crippen LogP contribution is -2.43. The molecule has 1 amide bonds. The number of nitrogens with zero attached hydrogens (tertiary/aromatic N) is 2. The number of halogens is 4. The second kappa shape index (κ2) is 19.1. The van der Waals surface area contributed by atoms with Gasteiger partial charge in [-0.2, -0.15) is 18.0 Å². The molecular weight excluding hydrogens is 871 g/mol. The number of benzene rings is 4. The first-order valence-corrected chi connectivity index (χ1v) is 23.0. The number of fused-ring (bicyclic) bond motifs is 1. The summed E-state index contributed by atoms with van der Waals surface area (Å²) in [5.74, 6) is -0.519. The van der Waals surface area contributed by atoms with Crippen LogP contribution in [0, 0.1) is 10.6 Å². The SMILES string of the molecule is CC1(C)CCC(CNCCNc2ccc(C(=O)NS(=O)(=O)c3ccc(NC4CCN(CC(F)(F)F)CC4)c([N+](C)([O-])O)c3)c(Oc3cccc4[nH]ccc34)c2)=C(c2ccc(Cl)cc2)C1. The van der Waals surface area contributed by atoms with Crippen LogP contribution in [0.15, 0.2) is 102 Å². The molecule has 0 bridgehead atoms. The predicted molar refractivity (Wildman–Crippen MR) is 245 cm³/mol. The number of alkyl halides is 3. The Morgan fingerprint density at radius 3 is 2.48 bits per heavy atom. The Bertz CT molecular complexity index is 2600. The minimum absolute atomic E-state index is 0.0719. The number of quaternary nitrogens is 1. The topological polar surface area (TPSA) is 171 Å². The van der Waals surface area contributed by atoms with E-state index in [9.17, 15) is 36.8 Å². The van der Waals surface area contributed by atoms with Gasteiger partial charge in [0.2, 0.25) is 0 Å². The molecule has 1 saturated heterocycles. The number of allylic oxidation sites excluding steroid dienone is 1. The lowest BCUT2D eigenvalue weighted by atomic mass is 9.72. The Hall–Kier alpha value is -5.14. The predicted octanol–water partition coefficient (Wildman–Crippen LogP) is 9.66. The summed E-state index contributed by atoms with van der Waals surface area (Å²) in [6.45, 7) is 5.72. The van der Waals surface area contributed by atoms with Gasteiger partial charge in [0.05, 0.1) is 22.7 Å². The maximum Gasteiger partial charge on any atom is 0.401 e. The molecule has 5 aromatic rings. The number of sulfonamides is 1. The largest absolute Gasteiger partial charge is 0.593 e. The first-order chi connectivity index (χ1) is 30.2. The number of carbonyl (C=O) groups excluding carboxylic acids is 1. The number of hydrogen-bond acceptors (Lipinski definition) is 10. The molecule has 4 aromatic carbocycles. The van der Waals surface area contributed by atoms with Crippen LogP contribution < -0.4 is 30.2 Å². The Balaban J connectivity index is 1.06. The highest BCUT2D eigenvalue weighted by Gasteiger charge is 2.34. The van der Waals surface area contributed by atoms with Gasteiger partial charge in [-0.15, -0.1) is 0 Å². The zero-order valence-corrected chi connectivity index (χ0v) is 37.4. The van der Waals surface area contributed by atoms with Crippen molar-refractivity contribution in [2.24, 2.45) is 5.41 Å². The number of aromatic nitrogens is 1. The smallest absolute Gasteiger partial charge is 0.401 e. The van der Waals surface area contributed by atoms with E-state index in [1.54, 1.807) is 30.5 Å². The summed E-state index contributed by atoms with van der Waals surface area (Å²) >= 11 is 6.19. The van der Waals surface area contributed by atoms with Crippen LogP contribution in [0.4, 0.5) is 30.2 Å². The van der Waals surface area contributed by atoms with Crippen LogP contribution in [0.25, 0.3) is 16.5 Å². The van der Waals surface area contributed by atoms with E-state index in [4.69, 9.17) is 16.3 Å². The molecule has 7 rings (SSSR count). The summed E-state index contributed by atoms with van der Waals surface area (Å²) in [4.78, 5) is 15.8. The van der Waals surface area contributed by atoms with Crippen LogP contribution in [0.3, 0.4) is 0 Å². The number of nitrogens with one attached hydrogen (secondary N) is 5. The van der Waals surface area contributed by atoms with Gasteiger partial charge in [0.25, 0.3) is 15.9 Å². The Morgan fingerprint density at radius 1 is 1.02 bits per heavy atom. The number of hydroxylamine groups is 2. The maximum absolute atomic E-state index is 13.9. The molecule has 1 unspecified atom stereocenters. The van der Waals surface area contributed by atoms with Crippen molar-refractivity contribution in [2.75, 3.05) is 56.9 Å². The highest BCUT2D eigenvalue weighted by atomic mass is 35.5. The van der Waals surface area contributed by atoms with E-state index in [1.807, 2.05) is 24.3 Å². The lowest BCUT2D eigenvalue weighted by Gasteiger charge is -2.35. The van der Waals surface area contributed by atoms with Gasteiger partial charge >= 0.3 is 6.18 Å². The van der Waals surface area contributed by atoms with Crippen molar-refractivity contribution in [1.82, 2.24) is 24.7 Å². The number of likely N-dealkylation sites (tertiary alicyclic amines) is 1. The van der Waals surface area contributed by atoms with Crippen molar-refractivity contribution >= 4 is 61.1 Å². The van der Waals surface area contributed by atoms with Crippen LogP contribution in [-0.2, 0) is 10.0 Å². The van der Waals surface area contributed by atoms with Crippen LogP contribution in [-0.4, -0.2) is 88.0 Å². The molecule has 1 aromatic heterocycles. The molecule has 1 aliphatic heterocycles. The van der Waals surface area contributed by atoms with Gasteiger partial charge < -0.3 is 30.9 Å². The van der Waals surface area contributed by atoms with E-state index in [-0.39, 0.29) is 47.2 Å². The molecule has 1 atom stereocenters. The third-order valence-corrected chi connectivity index (χ3v) is 13.2. The maximum atomic E-state index is 13.9. The quantitative estimate of drug-likeness (QED) is 0.0318. The molecular formula is C46H53ClF3N7O6S.